The predicted octanol–water partition coefficient (Wildman–Crippen LogP) is 5.16. The summed E-state index contributed by atoms with van der Waals surface area (Å²) in [6, 6.07) is 0. The third-order valence-electron chi connectivity index (χ3n) is 10.1. The summed E-state index contributed by atoms with van der Waals surface area (Å²) >= 11 is 0. The molecule has 0 bridgehead atoms. The van der Waals surface area contributed by atoms with Gasteiger partial charge < -0.3 is 14.2 Å². The minimum absolute atomic E-state index is 0.0325. The highest BCUT2D eigenvalue weighted by Gasteiger charge is 2.73. The molecule has 1 unspecified atom stereocenters. The van der Waals surface area contributed by atoms with Crippen LogP contribution in [0.25, 0.3) is 0 Å². The number of hydrogen-bond donors (Lipinski definition) is 0. The lowest BCUT2D eigenvalue weighted by molar-refractivity contribution is -0.213. The Hall–Kier alpha value is -2.28. The molecule has 8 atom stereocenters. The Bertz CT molecular complexity index is 1060. The lowest BCUT2D eigenvalue weighted by Gasteiger charge is -2.61. The van der Waals surface area contributed by atoms with Gasteiger partial charge in [-0.05, 0) is 63.5 Å². The van der Waals surface area contributed by atoms with Crippen molar-refractivity contribution in [3.8, 4) is 0 Å². The highest BCUT2D eigenvalue weighted by molar-refractivity contribution is 6.01. The van der Waals surface area contributed by atoms with E-state index in [-0.39, 0.29) is 65.7 Å². The molecule has 38 heavy (non-hydrogen) atoms. The van der Waals surface area contributed by atoms with E-state index in [2.05, 4.69) is 19.9 Å². The van der Waals surface area contributed by atoms with E-state index >= 15 is 0 Å². The van der Waals surface area contributed by atoms with Crippen LogP contribution in [-0.2, 0) is 33.4 Å². The van der Waals surface area contributed by atoms with E-state index in [0.29, 0.717) is 6.42 Å². The number of carbonyl (C=O) groups excluding carboxylic acids is 4. The maximum absolute atomic E-state index is 14.1. The molecule has 7 nitrogen and oxygen atoms in total. The third kappa shape index (κ3) is 4.39. The molecule has 0 aromatic heterocycles. The van der Waals surface area contributed by atoms with Crippen molar-refractivity contribution in [2.45, 2.75) is 105 Å². The van der Waals surface area contributed by atoms with Crippen LogP contribution < -0.4 is 0 Å². The number of Topliss-reactive ketones (excluding diaryl/α,β-unsaturated/α-hetero) is 1. The summed E-state index contributed by atoms with van der Waals surface area (Å²) < 4.78 is 18.2. The monoisotopic (exact) mass is 528 g/mol. The van der Waals surface area contributed by atoms with Gasteiger partial charge in [0.15, 0.2) is 18.0 Å². The number of allylic oxidation sites excluding steroid dienone is 4. The molecule has 0 saturated heterocycles. The quantitative estimate of drug-likeness (QED) is 0.402. The van der Waals surface area contributed by atoms with Crippen molar-refractivity contribution in [1.29, 1.82) is 0 Å². The van der Waals surface area contributed by atoms with E-state index < -0.39 is 29.6 Å². The van der Waals surface area contributed by atoms with Gasteiger partial charge in [0.1, 0.15) is 0 Å². The van der Waals surface area contributed by atoms with Crippen LogP contribution in [0.2, 0.25) is 0 Å². The van der Waals surface area contributed by atoms with Gasteiger partial charge >= 0.3 is 11.9 Å². The van der Waals surface area contributed by atoms with Crippen LogP contribution in [0.4, 0.5) is 0 Å². The molecule has 7 heteroatoms. The molecule has 4 aliphatic rings. The van der Waals surface area contributed by atoms with Crippen LogP contribution in [0, 0.1) is 34.5 Å². The van der Waals surface area contributed by atoms with Crippen LogP contribution in [0.3, 0.4) is 0 Å². The Kier molecular flexibility index (Phi) is 7.83. The lowest BCUT2D eigenvalue weighted by atomic mass is 9.46. The zero-order valence-corrected chi connectivity index (χ0v) is 24.0. The lowest BCUT2D eigenvalue weighted by Crippen LogP contribution is -2.64. The van der Waals surface area contributed by atoms with Gasteiger partial charge in [-0.15, -0.1) is 0 Å². The van der Waals surface area contributed by atoms with Crippen molar-refractivity contribution in [2.24, 2.45) is 34.5 Å². The van der Waals surface area contributed by atoms with E-state index in [1.807, 2.05) is 20.8 Å². The first kappa shape index (κ1) is 28.7. The van der Waals surface area contributed by atoms with Gasteiger partial charge in [0.05, 0.1) is 12.2 Å². The van der Waals surface area contributed by atoms with Crippen molar-refractivity contribution in [3.05, 3.63) is 23.8 Å². The summed E-state index contributed by atoms with van der Waals surface area (Å²) in [6.07, 6.45) is 8.59. The topological polar surface area (TPSA) is 96.0 Å². The molecule has 210 valence electrons. The van der Waals surface area contributed by atoms with Gasteiger partial charge in [-0.1, -0.05) is 46.3 Å². The number of fused-ring (bicyclic) bond motifs is 5. The Morgan fingerprint density at radius 1 is 1.11 bits per heavy atom. The summed E-state index contributed by atoms with van der Waals surface area (Å²) in [5.74, 6) is -0.978. The van der Waals surface area contributed by atoms with Gasteiger partial charge in [0.25, 0.3) is 0 Å². The average molecular weight is 529 g/mol. The molecule has 0 aliphatic heterocycles. The summed E-state index contributed by atoms with van der Waals surface area (Å²) in [5.41, 5.74) is -1.26. The third-order valence-corrected chi connectivity index (χ3v) is 10.1. The maximum atomic E-state index is 14.1. The fourth-order valence-electron chi connectivity index (χ4n) is 8.56. The SMILES string of the molecule is CCC(=O)OCC(=O)[C@@]1(OC(=O)CC)[C@@H](C)C[C@H]2[C@@H]3CCC4=CC(=O)C=C[C@]4(C)C3[C@@H](OC(C)C)C[C@@]21C. The molecule has 3 saturated carbocycles. The van der Waals surface area contributed by atoms with Gasteiger partial charge in [-0.25, -0.2) is 0 Å². The molecule has 0 amide bonds. The van der Waals surface area contributed by atoms with Crippen molar-refractivity contribution in [3.63, 3.8) is 0 Å². The number of hydrogen-bond acceptors (Lipinski definition) is 7. The van der Waals surface area contributed by atoms with Crippen LogP contribution in [0.5, 0.6) is 0 Å². The zero-order valence-electron chi connectivity index (χ0n) is 24.0. The Morgan fingerprint density at radius 2 is 1.79 bits per heavy atom. The van der Waals surface area contributed by atoms with Crippen LogP contribution in [0.1, 0.15) is 87.0 Å². The molecular formula is C31H44O7. The molecular weight excluding hydrogens is 484 g/mol. The fourth-order valence-corrected chi connectivity index (χ4v) is 8.56. The number of ether oxygens (including phenoxy) is 3. The fraction of sp³-hybridized carbons (Fsp3) is 0.742. The second kappa shape index (κ2) is 10.4. The van der Waals surface area contributed by atoms with E-state index in [0.717, 1.165) is 24.8 Å². The van der Waals surface area contributed by atoms with Crippen molar-refractivity contribution in [1.82, 2.24) is 0 Å². The molecule has 0 aromatic rings. The first-order valence-electron chi connectivity index (χ1n) is 14.3. The van der Waals surface area contributed by atoms with Crippen molar-refractivity contribution in [2.75, 3.05) is 6.61 Å². The highest BCUT2D eigenvalue weighted by Crippen LogP contribution is 2.69. The Balaban J connectivity index is 1.82. The smallest absolute Gasteiger partial charge is 0.306 e. The summed E-state index contributed by atoms with van der Waals surface area (Å²) in [6.45, 7) is 13.3. The van der Waals surface area contributed by atoms with Gasteiger partial charge in [-0.3, -0.25) is 19.2 Å². The maximum Gasteiger partial charge on any atom is 0.306 e. The van der Waals surface area contributed by atoms with Crippen LogP contribution >= 0.6 is 0 Å². The number of esters is 2. The first-order valence-corrected chi connectivity index (χ1v) is 14.3. The largest absolute Gasteiger partial charge is 0.457 e. The Labute approximate surface area is 226 Å². The summed E-state index contributed by atoms with van der Waals surface area (Å²) in [7, 11) is 0. The van der Waals surface area contributed by atoms with Gasteiger partial charge in [-0.2, -0.15) is 0 Å². The molecule has 3 fully saturated rings. The number of ketones is 2. The van der Waals surface area contributed by atoms with Crippen molar-refractivity contribution < 1.29 is 33.4 Å². The molecule has 4 rings (SSSR count). The second-order valence-corrected chi connectivity index (χ2v) is 12.5. The summed E-state index contributed by atoms with van der Waals surface area (Å²) in [4.78, 5) is 51.2. The zero-order chi connectivity index (χ0) is 28.0. The second-order valence-electron chi connectivity index (χ2n) is 12.5. The van der Waals surface area contributed by atoms with E-state index in [1.165, 1.54) is 0 Å². The van der Waals surface area contributed by atoms with Gasteiger partial charge in [0, 0.05) is 35.5 Å². The molecule has 0 spiro atoms. The first-order chi connectivity index (χ1) is 17.8. The van der Waals surface area contributed by atoms with E-state index in [4.69, 9.17) is 14.2 Å². The molecule has 0 heterocycles. The number of carbonyl (C=O) groups is 4. The molecule has 0 radical (unpaired) electrons. The standard InChI is InChI=1S/C31H44O7/c1-8-26(34)36-17-25(33)31(38-27(35)9-2)19(5)14-23-22-11-10-20-15-21(32)12-13-29(20,6)28(22)24(37-18(3)4)16-30(23,31)7/h12-13,15,18-19,22-24,28H,8-11,14,16-17H2,1-7H3/t19-,22-,23-,24-,28?,29-,30-,31-/m0/s1. The minimum atomic E-state index is -1.41. The van der Waals surface area contributed by atoms with E-state index in [1.54, 1.807) is 26.0 Å². The predicted molar refractivity (Wildman–Crippen MR) is 142 cm³/mol. The summed E-state index contributed by atoms with van der Waals surface area (Å²) in [5, 5.41) is 0. The molecule has 4 aliphatic carbocycles. The average Bonchev–Trinajstić information content (AvgIpc) is 3.08. The normalized spacial score (nSPS) is 39.6. The Morgan fingerprint density at radius 3 is 2.42 bits per heavy atom. The van der Waals surface area contributed by atoms with E-state index in [9.17, 15) is 19.2 Å². The van der Waals surface area contributed by atoms with Crippen LogP contribution in [-0.4, -0.2) is 47.9 Å². The van der Waals surface area contributed by atoms with Crippen LogP contribution in [0.15, 0.2) is 23.8 Å². The molecule has 0 aromatic carbocycles. The van der Waals surface area contributed by atoms with Gasteiger partial charge in [0.2, 0.25) is 5.78 Å². The minimum Gasteiger partial charge on any atom is -0.457 e. The van der Waals surface area contributed by atoms with Crippen molar-refractivity contribution >= 4 is 23.5 Å². The number of rotatable bonds is 8. The highest BCUT2D eigenvalue weighted by atomic mass is 16.6. The molecule has 0 N–H and O–H groups in total.